The summed E-state index contributed by atoms with van der Waals surface area (Å²) < 4.78 is 10.7. The molecule has 2 atom stereocenters. The van der Waals surface area contributed by atoms with Gasteiger partial charge in [0.25, 0.3) is 0 Å². The molecule has 1 aliphatic carbocycles. The minimum Gasteiger partial charge on any atom is -0.382 e. The molecule has 96 valence electrons. The molecule has 16 heavy (non-hydrogen) atoms. The van der Waals surface area contributed by atoms with Gasteiger partial charge in [0, 0.05) is 32.9 Å². The van der Waals surface area contributed by atoms with E-state index in [-0.39, 0.29) is 6.10 Å². The molecule has 0 aromatic rings. The van der Waals surface area contributed by atoms with Crippen LogP contribution in [0.4, 0.5) is 0 Å². The third-order valence-electron chi connectivity index (χ3n) is 3.81. The Kier molecular flexibility index (Phi) is 5.73. The molecule has 2 unspecified atom stereocenters. The summed E-state index contributed by atoms with van der Waals surface area (Å²) in [5, 5.41) is 3.58. The number of ether oxygens (including phenoxy) is 2. The van der Waals surface area contributed by atoms with Crippen LogP contribution in [0.15, 0.2) is 0 Å². The summed E-state index contributed by atoms with van der Waals surface area (Å²) in [6, 6.07) is 0.426. The molecule has 0 aromatic carbocycles. The number of nitrogens with one attached hydrogen (secondary N) is 1. The zero-order valence-corrected chi connectivity index (χ0v) is 11.2. The third-order valence-corrected chi connectivity index (χ3v) is 3.81. The van der Waals surface area contributed by atoms with Crippen LogP contribution in [0.2, 0.25) is 0 Å². The second-order valence-electron chi connectivity index (χ2n) is 5.06. The van der Waals surface area contributed by atoms with Crippen LogP contribution in [0.5, 0.6) is 0 Å². The number of hydrogen-bond acceptors (Lipinski definition) is 3. The van der Waals surface area contributed by atoms with Crippen molar-refractivity contribution >= 4 is 0 Å². The molecule has 0 radical (unpaired) electrons. The van der Waals surface area contributed by atoms with Gasteiger partial charge in [0.1, 0.15) is 0 Å². The Morgan fingerprint density at radius 3 is 2.50 bits per heavy atom. The molecule has 0 aliphatic heterocycles. The van der Waals surface area contributed by atoms with Gasteiger partial charge in [0.05, 0.1) is 6.10 Å². The van der Waals surface area contributed by atoms with Crippen molar-refractivity contribution < 1.29 is 9.47 Å². The average Bonchev–Trinajstić information content (AvgIpc) is 3.06. The first-order valence-corrected chi connectivity index (χ1v) is 6.47. The first-order valence-electron chi connectivity index (χ1n) is 6.47. The van der Waals surface area contributed by atoms with Crippen LogP contribution in [0.3, 0.4) is 0 Å². The Bertz CT molecular complexity index is 192. The highest BCUT2D eigenvalue weighted by atomic mass is 16.5. The molecule has 0 bridgehead atoms. The monoisotopic (exact) mass is 229 g/mol. The van der Waals surface area contributed by atoms with Crippen LogP contribution < -0.4 is 5.32 Å². The van der Waals surface area contributed by atoms with Gasteiger partial charge in [-0.05, 0) is 45.4 Å². The Morgan fingerprint density at radius 2 is 2.00 bits per heavy atom. The third kappa shape index (κ3) is 4.40. The molecule has 0 aromatic heterocycles. The summed E-state index contributed by atoms with van der Waals surface area (Å²) in [4.78, 5) is 0. The lowest BCUT2D eigenvalue weighted by molar-refractivity contribution is 0.0840. The maximum absolute atomic E-state index is 5.43. The maximum Gasteiger partial charge on any atom is 0.0693 e. The predicted molar refractivity (Wildman–Crippen MR) is 66.7 cm³/mol. The van der Waals surface area contributed by atoms with Crippen molar-refractivity contribution in [2.75, 3.05) is 26.9 Å². The van der Waals surface area contributed by atoms with Crippen molar-refractivity contribution in [2.24, 2.45) is 5.41 Å². The van der Waals surface area contributed by atoms with Crippen LogP contribution >= 0.6 is 0 Å². The SMILES string of the molecule is CCOCCC1(CNC(C)C(C)OC)CC1. The molecule has 3 nitrogen and oxygen atoms in total. The average molecular weight is 229 g/mol. The fourth-order valence-corrected chi connectivity index (χ4v) is 1.87. The molecule has 0 saturated heterocycles. The largest absolute Gasteiger partial charge is 0.382 e. The van der Waals surface area contributed by atoms with Gasteiger partial charge >= 0.3 is 0 Å². The van der Waals surface area contributed by atoms with Crippen molar-refractivity contribution in [1.29, 1.82) is 0 Å². The van der Waals surface area contributed by atoms with E-state index in [9.17, 15) is 0 Å². The fourth-order valence-electron chi connectivity index (χ4n) is 1.87. The van der Waals surface area contributed by atoms with E-state index in [1.807, 2.05) is 0 Å². The van der Waals surface area contributed by atoms with Gasteiger partial charge in [-0.3, -0.25) is 0 Å². The molecule has 1 fully saturated rings. The van der Waals surface area contributed by atoms with E-state index in [0.29, 0.717) is 11.5 Å². The molecule has 0 heterocycles. The van der Waals surface area contributed by atoms with Gasteiger partial charge in [-0.1, -0.05) is 0 Å². The maximum atomic E-state index is 5.43. The summed E-state index contributed by atoms with van der Waals surface area (Å²) in [5.74, 6) is 0. The van der Waals surface area contributed by atoms with E-state index in [1.54, 1.807) is 7.11 Å². The molecule has 0 spiro atoms. The van der Waals surface area contributed by atoms with E-state index in [0.717, 1.165) is 19.8 Å². The highest BCUT2D eigenvalue weighted by Crippen LogP contribution is 2.48. The minimum absolute atomic E-state index is 0.280. The van der Waals surface area contributed by atoms with Gasteiger partial charge in [-0.2, -0.15) is 0 Å². The normalized spacial score (nSPS) is 21.8. The Morgan fingerprint density at radius 1 is 1.31 bits per heavy atom. The fraction of sp³-hybridized carbons (Fsp3) is 1.00. The first-order chi connectivity index (χ1) is 7.63. The van der Waals surface area contributed by atoms with Crippen LogP contribution in [0, 0.1) is 5.41 Å². The van der Waals surface area contributed by atoms with Crippen molar-refractivity contribution in [2.45, 2.75) is 52.2 Å². The standard InChI is InChI=1S/C13H27NO2/c1-5-16-9-8-13(6-7-13)10-14-11(2)12(3)15-4/h11-12,14H,5-10H2,1-4H3. The van der Waals surface area contributed by atoms with E-state index in [1.165, 1.54) is 19.3 Å². The Balaban J connectivity index is 2.16. The van der Waals surface area contributed by atoms with Gasteiger partial charge in [-0.15, -0.1) is 0 Å². The number of rotatable bonds is 9. The van der Waals surface area contributed by atoms with Gasteiger partial charge in [0.15, 0.2) is 0 Å². The molecular weight excluding hydrogens is 202 g/mol. The summed E-state index contributed by atoms with van der Waals surface area (Å²) in [5.41, 5.74) is 0.525. The second kappa shape index (κ2) is 6.58. The quantitative estimate of drug-likeness (QED) is 0.615. The predicted octanol–water partition coefficient (Wildman–Crippen LogP) is 2.21. The number of methoxy groups -OCH3 is 1. The second-order valence-corrected chi connectivity index (χ2v) is 5.06. The van der Waals surface area contributed by atoms with E-state index >= 15 is 0 Å². The molecule has 0 amide bonds. The van der Waals surface area contributed by atoms with Crippen molar-refractivity contribution in [3.05, 3.63) is 0 Å². The van der Waals surface area contributed by atoms with Crippen molar-refractivity contribution in [3.8, 4) is 0 Å². The Hall–Kier alpha value is -0.120. The zero-order valence-electron chi connectivity index (χ0n) is 11.2. The zero-order chi connectivity index (χ0) is 12.0. The number of hydrogen-bond donors (Lipinski definition) is 1. The Labute approximate surface area is 99.9 Å². The van der Waals surface area contributed by atoms with Crippen molar-refractivity contribution in [1.82, 2.24) is 5.32 Å². The first kappa shape index (κ1) is 13.9. The van der Waals surface area contributed by atoms with Gasteiger partial charge in [0.2, 0.25) is 0 Å². The smallest absolute Gasteiger partial charge is 0.0693 e. The summed E-state index contributed by atoms with van der Waals surface area (Å²) >= 11 is 0. The molecule has 1 rings (SSSR count). The summed E-state index contributed by atoms with van der Waals surface area (Å²) in [7, 11) is 1.77. The molecule has 1 aliphatic rings. The molecule has 1 N–H and O–H groups in total. The lowest BCUT2D eigenvalue weighted by atomic mass is 10.0. The van der Waals surface area contributed by atoms with Crippen molar-refractivity contribution in [3.63, 3.8) is 0 Å². The van der Waals surface area contributed by atoms with Gasteiger partial charge in [-0.25, -0.2) is 0 Å². The molecule has 1 saturated carbocycles. The highest BCUT2D eigenvalue weighted by molar-refractivity contribution is 4.95. The topological polar surface area (TPSA) is 30.5 Å². The van der Waals surface area contributed by atoms with Crippen LogP contribution in [-0.4, -0.2) is 39.0 Å². The van der Waals surface area contributed by atoms with E-state index < -0.39 is 0 Å². The van der Waals surface area contributed by atoms with E-state index in [2.05, 4.69) is 26.1 Å². The minimum atomic E-state index is 0.280. The van der Waals surface area contributed by atoms with Crippen LogP contribution in [-0.2, 0) is 9.47 Å². The molecule has 3 heteroatoms. The van der Waals surface area contributed by atoms with Crippen LogP contribution in [0.1, 0.15) is 40.0 Å². The van der Waals surface area contributed by atoms with Gasteiger partial charge < -0.3 is 14.8 Å². The summed E-state index contributed by atoms with van der Waals surface area (Å²) in [6.45, 7) is 9.20. The van der Waals surface area contributed by atoms with E-state index in [4.69, 9.17) is 9.47 Å². The lowest BCUT2D eigenvalue weighted by Crippen LogP contribution is -2.40. The summed E-state index contributed by atoms with van der Waals surface area (Å²) in [6.07, 6.45) is 4.17. The van der Waals surface area contributed by atoms with Crippen LogP contribution in [0.25, 0.3) is 0 Å². The lowest BCUT2D eigenvalue weighted by Gasteiger charge is -2.23. The highest BCUT2D eigenvalue weighted by Gasteiger charge is 2.41. The molecular formula is C13H27NO2.